The molecule has 32 nitrogen and oxygen atoms in total. The third kappa shape index (κ3) is 20.4. The van der Waals surface area contributed by atoms with Gasteiger partial charge in [-0.15, -0.1) is 22.7 Å². The summed E-state index contributed by atoms with van der Waals surface area (Å²) in [5, 5.41) is 14.1. The normalized spacial score (nSPS) is 19.3. The summed E-state index contributed by atoms with van der Waals surface area (Å²) in [5.74, 6) is 2.35. The Morgan fingerprint density at radius 3 is 1.00 bits per heavy atom. The van der Waals surface area contributed by atoms with Crippen LogP contribution < -0.4 is 9.47 Å². The average Bonchev–Trinajstić information content (AvgIpc) is 1.63. The number of aryl methyl sites for hydroxylation is 1. The molecule has 0 bridgehead atoms. The molecule has 8 aliphatic rings. The van der Waals surface area contributed by atoms with Gasteiger partial charge in [0.1, 0.15) is 66.7 Å². The van der Waals surface area contributed by atoms with Gasteiger partial charge in [0.05, 0.1) is 68.6 Å². The molecule has 12 aromatic rings. The van der Waals surface area contributed by atoms with Crippen LogP contribution in [-0.2, 0) is 105 Å². The van der Waals surface area contributed by atoms with E-state index in [0.717, 1.165) is 48.9 Å². The van der Waals surface area contributed by atoms with E-state index in [4.69, 9.17) is 35.0 Å². The second-order valence-corrected chi connectivity index (χ2v) is 51.0. The lowest BCUT2D eigenvalue weighted by Gasteiger charge is -2.42. The minimum atomic E-state index is -4.56. The lowest BCUT2D eigenvalue weighted by molar-refractivity contribution is -0.137. The fraction of sp³-hybridized carbons (Fsp3) is 0.312. The van der Waals surface area contributed by atoms with E-state index in [1.165, 1.54) is 113 Å². The molecule has 141 heavy (non-hydrogen) atoms. The predicted molar refractivity (Wildman–Crippen MR) is 518 cm³/mol. The summed E-state index contributed by atoms with van der Waals surface area (Å²) in [4.78, 5) is 3.91. The van der Waals surface area contributed by atoms with Gasteiger partial charge in [-0.25, -0.2) is 72.2 Å². The summed E-state index contributed by atoms with van der Waals surface area (Å²) in [5.41, 5.74) is -4.38. The maximum Gasteiger partial charge on any atom is 0.416 e. The molecule has 742 valence electrons. The molecular weight excluding hydrogens is 2020 g/mol. The average molecular weight is 2120 g/mol. The van der Waals surface area contributed by atoms with Crippen LogP contribution in [0.2, 0.25) is 0 Å². The lowest BCUT2D eigenvalue weighted by Crippen LogP contribution is -2.55. The van der Waals surface area contributed by atoms with Crippen LogP contribution in [0.15, 0.2) is 305 Å². The zero-order chi connectivity index (χ0) is 99.8. The van der Waals surface area contributed by atoms with Gasteiger partial charge in [-0.05, 0) is 140 Å². The van der Waals surface area contributed by atoms with Gasteiger partial charge in [0.15, 0.2) is 0 Å². The van der Waals surface area contributed by atoms with E-state index in [2.05, 4.69) is 4.85 Å². The predicted octanol–water partition coefficient (Wildman–Crippen LogP) is 15.3. The Balaban J connectivity index is 0.000000130. The largest absolute Gasteiger partial charge is 0.457 e. The summed E-state index contributed by atoms with van der Waals surface area (Å²) in [6.45, 7) is 11.4. The standard InChI is InChI=1S/C31H30N2O7S2.C23H22N2O5S4.C21H23F3N2O5S2.C21H20N4O5S2/c34-41(35,29-15-11-27(12-16-29)39-25-7-3-1-4-8-25)32-21-19-31(20-22-32)33(23-24-38-31)42(36,37)30-17-13-28(14-18-30)40-26-9-5-2-6-10-26;26-33(27,21-15-31-19-7-3-1-5-17(19)21)24-11-9-23(10-12-24)25(13-14-30-23)34(28,29)22-16-32-20-8-4-2-6-18(20)22;1-16-2-6-19(7-3-16)33(29,30)26-14-15-31-20(26)10-12-25(13-11-20)32(27,28)18-8-4-17(5-9-18)21(22,23)24;1-23-18-7-3-5-9-20(18)31(26,27)24-12-10-21(11-13-24)25(14-15-30-21)32(28,29)19-8-4-2-6-17(19)16-22/h1-18H,19-24H2;1-8,15-16H,9-14H2;2-9H,10-15H2,1H3;2-9H,10-15H2. The topological polar surface area (TPSA) is 383 Å². The highest BCUT2D eigenvalue weighted by Crippen LogP contribution is 2.48. The molecule has 0 N–H and O–H groups in total. The number of rotatable bonds is 20. The first-order valence-corrected chi connectivity index (χ1v) is 58.0. The molecule has 0 aliphatic carbocycles. The summed E-state index contributed by atoms with van der Waals surface area (Å²) in [6, 6.07) is 69.7. The highest BCUT2D eigenvalue weighted by molar-refractivity contribution is 7.91. The monoisotopic (exact) mass is 2120 g/mol. The van der Waals surface area contributed by atoms with Crippen LogP contribution in [0.1, 0.15) is 68.1 Å². The van der Waals surface area contributed by atoms with Crippen LogP contribution in [0.4, 0.5) is 18.9 Å². The third-order valence-electron chi connectivity index (χ3n) is 26.0. The Bertz CT molecular complexity index is 7700. The van der Waals surface area contributed by atoms with Crippen molar-refractivity contribution in [1.29, 1.82) is 5.26 Å². The van der Waals surface area contributed by atoms with Crippen LogP contribution in [0.5, 0.6) is 23.0 Å². The zero-order valence-electron chi connectivity index (χ0n) is 75.5. The van der Waals surface area contributed by atoms with Crippen molar-refractivity contribution in [3.05, 3.63) is 294 Å². The van der Waals surface area contributed by atoms with Crippen molar-refractivity contribution in [2.24, 2.45) is 0 Å². The van der Waals surface area contributed by atoms with Crippen molar-refractivity contribution in [2.45, 2.75) is 127 Å². The van der Waals surface area contributed by atoms with Gasteiger partial charge in [-0.2, -0.15) is 52.9 Å². The van der Waals surface area contributed by atoms with Gasteiger partial charge in [-0.3, -0.25) is 0 Å². The van der Waals surface area contributed by atoms with Crippen LogP contribution in [-0.4, -0.2) is 230 Å². The number of alkyl halides is 3. The second-order valence-electron chi connectivity index (χ2n) is 34.1. The quantitative estimate of drug-likeness (QED) is 0.0639. The van der Waals surface area contributed by atoms with E-state index in [0.29, 0.717) is 39.9 Å². The van der Waals surface area contributed by atoms with Crippen LogP contribution in [0, 0.1) is 24.8 Å². The fourth-order valence-corrected chi connectivity index (χ4v) is 34.6. The summed E-state index contributed by atoms with van der Waals surface area (Å²) in [7, 11) is -31.0. The second kappa shape index (κ2) is 40.7. The molecular formula is C96H95F3N10O22S10. The first-order valence-electron chi connectivity index (χ1n) is 44.7. The lowest BCUT2D eigenvalue weighted by atomic mass is 10.0. The molecule has 0 unspecified atom stereocenters. The van der Waals surface area contributed by atoms with E-state index in [1.807, 2.05) is 122 Å². The Morgan fingerprint density at radius 1 is 0.333 bits per heavy atom. The molecule has 10 heterocycles. The summed E-state index contributed by atoms with van der Waals surface area (Å²) < 4.78 is 300. The number of fused-ring (bicyclic) bond motifs is 2. The molecule has 0 amide bonds. The summed E-state index contributed by atoms with van der Waals surface area (Å²) >= 11 is 2.81. The number of nitrogens with zero attached hydrogens (tertiary/aromatic N) is 10. The van der Waals surface area contributed by atoms with Gasteiger partial charge < -0.3 is 28.4 Å². The molecule has 8 saturated heterocycles. The maximum atomic E-state index is 13.7. The Hall–Kier alpha value is -10.4. The number of hydrogen-bond acceptors (Lipinski definition) is 25. The third-order valence-corrected chi connectivity index (χ3v) is 43.9. The molecule has 20 rings (SSSR count). The van der Waals surface area contributed by atoms with Crippen molar-refractivity contribution in [1.82, 2.24) is 34.4 Å². The molecule has 2 aromatic heterocycles. The maximum absolute atomic E-state index is 13.7. The Morgan fingerprint density at radius 2 is 0.624 bits per heavy atom. The number of benzene rings is 10. The van der Waals surface area contributed by atoms with Crippen molar-refractivity contribution >= 4 is 129 Å². The van der Waals surface area contributed by atoms with Gasteiger partial charge in [0, 0.05) is 161 Å². The number of para-hydroxylation sites is 3. The van der Waals surface area contributed by atoms with Crippen LogP contribution in [0.25, 0.3) is 25.0 Å². The summed E-state index contributed by atoms with van der Waals surface area (Å²) in [6.07, 6.45) is -3.06. The van der Waals surface area contributed by atoms with E-state index < -0.39 is 115 Å². The van der Waals surface area contributed by atoms with Crippen molar-refractivity contribution in [2.75, 3.05) is 105 Å². The molecule has 8 fully saturated rings. The van der Waals surface area contributed by atoms with E-state index in [1.54, 1.807) is 71.4 Å². The first kappa shape index (κ1) is 102. The molecule has 10 aromatic carbocycles. The molecule has 4 spiro atoms. The number of hydrogen-bond donors (Lipinski definition) is 0. The van der Waals surface area contributed by atoms with Crippen LogP contribution in [0.3, 0.4) is 0 Å². The molecule has 8 aliphatic heterocycles. The van der Waals surface area contributed by atoms with Gasteiger partial charge >= 0.3 is 6.18 Å². The minimum absolute atomic E-state index is 0.0245. The highest BCUT2D eigenvalue weighted by Gasteiger charge is 2.57. The molecule has 0 atom stereocenters. The highest BCUT2D eigenvalue weighted by atomic mass is 32.2. The molecule has 0 saturated carbocycles. The van der Waals surface area contributed by atoms with E-state index in [-0.39, 0.29) is 195 Å². The number of halogens is 3. The molecule has 0 radical (unpaired) electrons. The van der Waals surface area contributed by atoms with Crippen molar-refractivity contribution in [3.8, 4) is 29.1 Å². The number of ether oxygens (including phenoxy) is 6. The van der Waals surface area contributed by atoms with Crippen LogP contribution >= 0.6 is 22.7 Å². The minimum Gasteiger partial charge on any atom is -0.457 e. The SMILES string of the molecule is Cc1ccc(S(=O)(=O)N2CCOC23CCN(S(=O)(=O)c2ccc(C(F)(F)F)cc2)CC3)cc1.O=S(=O)(c1ccc(Oc2ccccc2)cc1)N1CCC2(CC1)OCCN2S(=O)(=O)c1ccc(Oc2ccccc2)cc1.O=S(=O)(c1csc2ccccc12)N1CCC2(CC1)OCCN2S(=O)(=O)c1csc2ccccc12.[C-]#[N+]c1ccccc1S(=O)(=O)N1CCC2(CC1)OCCN2S(=O)(=O)c1ccccc1C#N. The van der Waals surface area contributed by atoms with E-state index >= 15 is 0 Å². The Labute approximate surface area is 825 Å². The first-order chi connectivity index (χ1) is 67.2. The fourth-order valence-electron chi connectivity index (χ4n) is 18.7. The van der Waals surface area contributed by atoms with Gasteiger partial charge in [0.25, 0.3) is 0 Å². The smallest absolute Gasteiger partial charge is 0.416 e. The van der Waals surface area contributed by atoms with E-state index in [9.17, 15) is 85.8 Å². The zero-order valence-corrected chi connectivity index (χ0v) is 83.7. The van der Waals surface area contributed by atoms with Gasteiger partial charge in [0.2, 0.25) is 85.9 Å². The van der Waals surface area contributed by atoms with Crippen molar-refractivity contribution < 1.29 is 109 Å². The van der Waals surface area contributed by atoms with Crippen molar-refractivity contribution in [3.63, 3.8) is 0 Å². The number of thiophene rings is 2. The van der Waals surface area contributed by atoms with Gasteiger partial charge in [-0.1, -0.05) is 127 Å². The number of nitriles is 1. The Kier molecular flexibility index (Phi) is 29.4. The molecule has 45 heteroatoms. The number of piperidine rings is 4. The number of sulfonamides is 8.